The van der Waals surface area contributed by atoms with E-state index < -0.39 is 0 Å². The van der Waals surface area contributed by atoms with E-state index in [1.165, 1.54) is 18.4 Å². The predicted octanol–water partition coefficient (Wildman–Crippen LogP) is 3.21. The number of hydrogen-bond acceptors (Lipinski definition) is 3. The van der Waals surface area contributed by atoms with Crippen LogP contribution in [0.5, 0.6) is 11.5 Å². The average molecular weight is 296 g/mol. The normalized spacial score (nSPS) is 25.1. The Labute approximate surface area is 125 Å². The molecule has 0 aromatic heterocycles. The Morgan fingerprint density at radius 2 is 2.35 bits per heavy atom. The smallest absolute Gasteiger partial charge is 0.166 e. The summed E-state index contributed by atoms with van der Waals surface area (Å²) in [5.74, 6) is 2.34. The number of hydrogen-bond donors (Lipinski definition) is 1. The molecule has 0 amide bonds. The summed E-state index contributed by atoms with van der Waals surface area (Å²) in [6, 6.07) is 2.06. The molecule has 2 aliphatic rings. The highest BCUT2D eigenvalue weighted by Crippen LogP contribution is 2.44. The lowest BCUT2D eigenvalue weighted by molar-refractivity contribution is 0.243. The molecule has 1 N–H and O–H groups in total. The monoisotopic (exact) mass is 295 g/mol. The van der Waals surface area contributed by atoms with Gasteiger partial charge in [0.05, 0.1) is 12.1 Å². The Kier molecular flexibility index (Phi) is 4.08. The van der Waals surface area contributed by atoms with Gasteiger partial charge in [-0.05, 0) is 56.8 Å². The zero-order chi connectivity index (χ0) is 14.1. The first-order chi connectivity index (χ1) is 9.69. The molecular formula is C16H22ClNO2. The zero-order valence-corrected chi connectivity index (χ0v) is 12.9. The lowest BCUT2D eigenvalue weighted by Gasteiger charge is -2.23. The fourth-order valence-corrected chi connectivity index (χ4v) is 3.58. The quantitative estimate of drug-likeness (QED) is 0.929. The van der Waals surface area contributed by atoms with Crippen LogP contribution < -0.4 is 14.8 Å². The maximum Gasteiger partial charge on any atom is 0.166 e. The van der Waals surface area contributed by atoms with Crippen molar-refractivity contribution in [3.8, 4) is 11.5 Å². The van der Waals surface area contributed by atoms with Crippen LogP contribution in [0.25, 0.3) is 0 Å². The van der Waals surface area contributed by atoms with Gasteiger partial charge in [0.15, 0.2) is 11.5 Å². The molecule has 2 atom stereocenters. The maximum absolute atomic E-state index is 6.61. The number of fused-ring (bicyclic) bond motifs is 1. The molecule has 4 heteroatoms. The topological polar surface area (TPSA) is 30.5 Å². The number of methoxy groups -OCH3 is 1. The van der Waals surface area contributed by atoms with Crippen LogP contribution in [-0.4, -0.2) is 26.3 Å². The SMILES string of the molecule is COc1cc(CC2CCCNC2)c(Cl)c2c1OC(C)C2. The average Bonchev–Trinajstić information content (AvgIpc) is 2.85. The van der Waals surface area contributed by atoms with Gasteiger partial charge in [0.25, 0.3) is 0 Å². The number of ether oxygens (including phenoxy) is 2. The second-order valence-corrected chi connectivity index (χ2v) is 6.29. The van der Waals surface area contributed by atoms with E-state index in [1.54, 1.807) is 7.11 Å². The van der Waals surface area contributed by atoms with Crippen molar-refractivity contribution in [2.75, 3.05) is 20.2 Å². The number of rotatable bonds is 3. The summed E-state index contributed by atoms with van der Waals surface area (Å²) in [6.45, 7) is 4.30. The van der Waals surface area contributed by atoms with E-state index in [9.17, 15) is 0 Å². The van der Waals surface area contributed by atoms with Crippen LogP contribution >= 0.6 is 11.6 Å². The first kappa shape index (κ1) is 14.0. The summed E-state index contributed by atoms with van der Waals surface area (Å²) in [5, 5.41) is 4.35. The van der Waals surface area contributed by atoms with E-state index in [1.807, 2.05) is 0 Å². The van der Waals surface area contributed by atoms with Gasteiger partial charge in [0.1, 0.15) is 6.10 Å². The van der Waals surface area contributed by atoms with Crippen molar-refractivity contribution in [2.45, 2.75) is 38.7 Å². The summed E-state index contributed by atoms with van der Waals surface area (Å²) in [7, 11) is 1.70. The molecule has 2 aliphatic heterocycles. The third-order valence-corrected chi connectivity index (χ3v) is 4.76. The molecule has 2 heterocycles. The van der Waals surface area contributed by atoms with E-state index >= 15 is 0 Å². The largest absolute Gasteiger partial charge is 0.493 e. The number of nitrogens with one attached hydrogen (secondary N) is 1. The minimum atomic E-state index is 0.183. The molecule has 3 nitrogen and oxygen atoms in total. The molecule has 20 heavy (non-hydrogen) atoms. The molecule has 0 spiro atoms. The van der Waals surface area contributed by atoms with Gasteiger partial charge >= 0.3 is 0 Å². The molecule has 0 aliphatic carbocycles. The van der Waals surface area contributed by atoms with E-state index in [-0.39, 0.29) is 6.10 Å². The molecule has 0 radical (unpaired) electrons. The molecule has 0 bridgehead atoms. The van der Waals surface area contributed by atoms with Gasteiger partial charge in [-0.1, -0.05) is 11.6 Å². The molecule has 2 unspecified atom stereocenters. The lowest BCUT2D eigenvalue weighted by Crippen LogP contribution is -2.30. The second kappa shape index (κ2) is 5.82. The second-order valence-electron chi connectivity index (χ2n) is 5.91. The summed E-state index contributed by atoms with van der Waals surface area (Å²) in [5.41, 5.74) is 2.32. The van der Waals surface area contributed by atoms with Crippen LogP contribution in [0, 0.1) is 5.92 Å². The van der Waals surface area contributed by atoms with Crippen molar-refractivity contribution in [3.05, 3.63) is 22.2 Å². The van der Waals surface area contributed by atoms with Crippen LogP contribution in [0.1, 0.15) is 30.9 Å². The third kappa shape index (κ3) is 2.61. The van der Waals surface area contributed by atoms with Crippen LogP contribution in [0.4, 0.5) is 0 Å². The minimum Gasteiger partial charge on any atom is -0.493 e. The fourth-order valence-electron chi connectivity index (χ4n) is 3.28. The van der Waals surface area contributed by atoms with Crippen LogP contribution in [0.3, 0.4) is 0 Å². The van der Waals surface area contributed by atoms with E-state index in [2.05, 4.69) is 18.3 Å². The summed E-state index contributed by atoms with van der Waals surface area (Å²) < 4.78 is 11.3. The van der Waals surface area contributed by atoms with Crippen molar-refractivity contribution in [1.82, 2.24) is 5.32 Å². The Morgan fingerprint density at radius 1 is 1.50 bits per heavy atom. The van der Waals surface area contributed by atoms with E-state index in [4.69, 9.17) is 21.1 Å². The van der Waals surface area contributed by atoms with Gasteiger partial charge in [0, 0.05) is 12.0 Å². The Hall–Kier alpha value is -0.930. The number of piperidine rings is 1. The summed E-state index contributed by atoms with van der Waals surface area (Å²) in [6.07, 6.45) is 4.61. The first-order valence-corrected chi connectivity index (χ1v) is 7.82. The lowest BCUT2D eigenvalue weighted by atomic mass is 9.91. The number of benzene rings is 1. The van der Waals surface area contributed by atoms with Crippen LogP contribution in [0.15, 0.2) is 6.07 Å². The Morgan fingerprint density at radius 3 is 3.05 bits per heavy atom. The fraction of sp³-hybridized carbons (Fsp3) is 0.625. The van der Waals surface area contributed by atoms with Crippen LogP contribution in [-0.2, 0) is 12.8 Å². The van der Waals surface area contributed by atoms with Crippen molar-refractivity contribution in [2.24, 2.45) is 5.92 Å². The number of halogens is 1. The molecular weight excluding hydrogens is 274 g/mol. The molecule has 0 saturated carbocycles. The highest BCUT2D eigenvalue weighted by molar-refractivity contribution is 6.32. The van der Waals surface area contributed by atoms with Gasteiger partial charge < -0.3 is 14.8 Å². The van der Waals surface area contributed by atoms with Crippen molar-refractivity contribution < 1.29 is 9.47 Å². The van der Waals surface area contributed by atoms with Gasteiger partial charge in [-0.3, -0.25) is 0 Å². The predicted molar refractivity (Wildman–Crippen MR) is 81.1 cm³/mol. The first-order valence-electron chi connectivity index (χ1n) is 7.44. The molecule has 1 aromatic carbocycles. The van der Waals surface area contributed by atoms with Gasteiger partial charge in [-0.15, -0.1) is 0 Å². The summed E-state index contributed by atoms with van der Waals surface area (Å²) >= 11 is 6.61. The van der Waals surface area contributed by atoms with Crippen molar-refractivity contribution in [1.29, 1.82) is 0 Å². The van der Waals surface area contributed by atoms with E-state index in [0.29, 0.717) is 5.92 Å². The van der Waals surface area contributed by atoms with E-state index in [0.717, 1.165) is 48.0 Å². The molecule has 1 aromatic rings. The molecule has 3 rings (SSSR count). The van der Waals surface area contributed by atoms with Crippen molar-refractivity contribution >= 4 is 11.6 Å². The van der Waals surface area contributed by atoms with Gasteiger partial charge in [-0.25, -0.2) is 0 Å². The zero-order valence-electron chi connectivity index (χ0n) is 12.2. The minimum absolute atomic E-state index is 0.183. The highest BCUT2D eigenvalue weighted by atomic mass is 35.5. The molecule has 1 fully saturated rings. The molecule has 1 saturated heterocycles. The molecule has 110 valence electrons. The van der Waals surface area contributed by atoms with Gasteiger partial charge in [0.2, 0.25) is 0 Å². The van der Waals surface area contributed by atoms with Crippen LogP contribution in [0.2, 0.25) is 5.02 Å². The van der Waals surface area contributed by atoms with Gasteiger partial charge in [-0.2, -0.15) is 0 Å². The maximum atomic E-state index is 6.61. The standard InChI is InChI=1S/C16H22ClNO2/c1-10-6-13-15(17)12(7-11-4-3-5-18-9-11)8-14(19-2)16(13)20-10/h8,10-11,18H,3-7,9H2,1-2H3. The van der Waals surface area contributed by atoms with Crippen molar-refractivity contribution in [3.63, 3.8) is 0 Å². The third-order valence-electron chi connectivity index (χ3n) is 4.29. The summed E-state index contributed by atoms with van der Waals surface area (Å²) in [4.78, 5) is 0. The highest BCUT2D eigenvalue weighted by Gasteiger charge is 2.28. The Bertz CT molecular complexity index is 498. The Balaban J connectivity index is 1.89.